The second-order valence-corrected chi connectivity index (χ2v) is 7.27. The zero-order valence-corrected chi connectivity index (χ0v) is 17.0. The maximum absolute atomic E-state index is 12.6. The molecule has 0 bridgehead atoms. The van der Waals surface area contributed by atoms with Gasteiger partial charge in [0.25, 0.3) is 5.91 Å². The second-order valence-electron chi connectivity index (χ2n) is 7.27. The quantitative estimate of drug-likeness (QED) is 0.438. The first kappa shape index (κ1) is 20.6. The number of hydrogen-bond donors (Lipinski definition) is 1. The Bertz CT molecular complexity index is 818. The second kappa shape index (κ2) is 9.91. The van der Waals surface area contributed by atoms with Crippen LogP contribution in [0.3, 0.4) is 0 Å². The molecule has 29 heavy (non-hydrogen) atoms. The molecule has 0 aliphatic heterocycles. The summed E-state index contributed by atoms with van der Waals surface area (Å²) in [5.41, 5.74) is 6.57. The number of benzene rings is 1. The molecule has 1 saturated carbocycles. The molecule has 0 radical (unpaired) electrons. The predicted octanol–water partition coefficient (Wildman–Crippen LogP) is 3.69. The van der Waals surface area contributed by atoms with E-state index in [0.717, 1.165) is 12.8 Å². The highest BCUT2D eigenvalue weighted by Crippen LogP contribution is 2.22. The van der Waals surface area contributed by atoms with Crippen LogP contribution in [-0.4, -0.2) is 40.8 Å². The van der Waals surface area contributed by atoms with Crippen LogP contribution in [0.1, 0.15) is 44.6 Å². The van der Waals surface area contributed by atoms with Crippen molar-refractivity contribution >= 4 is 11.7 Å². The molecule has 1 amide bonds. The van der Waals surface area contributed by atoms with Gasteiger partial charge in [0.05, 0.1) is 0 Å². The number of ether oxygens (including phenoxy) is 1. The molecule has 1 aromatic carbocycles. The van der Waals surface area contributed by atoms with Gasteiger partial charge >= 0.3 is 0 Å². The summed E-state index contributed by atoms with van der Waals surface area (Å²) in [7, 11) is 1.83. The average Bonchev–Trinajstić information content (AvgIpc) is 2.78. The van der Waals surface area contributed by atoms with Crippen LogP contribution in [0.15, 0.2) is 53.8 Å². The van der Waals surface area contributed by atoms with Crippen molar-refractivity contribution in [1.29, 1.82) is 0 Å². The highest BCUT2D eigenvalue weighted by Gasteiger charge is 2.26. The Hall–Kier alpha value is -3.09. The molecule has 2 aromatic rings. The van der Waals surface area contributed by atoms with Gasteiger partial charge in [-0.3, -0.25) is 4.79 Å². The summed E-state index contributed by atoms with van der Waals surface area (Å²) in [6.45, 7) is 1.69. The summed E-state index contributed by atoms with van der Waals surface area (Å²) in [6.07, 6.45) is 6.52. The van der Waals surface area contributed by atoms with Crippen molar-refractivity contribution in [3.8, 4) is 11.6 Å². The fourth-order valence-corrected chi connectivity index (χ4v) is 3.37. The van der Waals surface area contributed by atoms with Gasteiger partial charge in [-0.25, -0.2) is 4.98 Å². The van der Waals surface area contributed by atoms with Crippen molar-refractivity contribution in [1.82, 2.24) is 9.88 Å². The molecule has 154 valence electrons. The van der Waals surface area contributed by atoms with E-state index in [1.807, 2.05) is 37.4 Å². The molecule has 1 fully saturated rings. The van der Waals surface area contributed by atoms with Gasteiger partial charge in [0.15, 0.2) is 5.84 Å². The Morgan fingerprint density at radius 2 is 1.90 bits per heavy atom. The lowest BCUT2D eigenvalue weighted by Gasteiger charge is -2.32. The summed E-state index contributed by atoms with van der Waals surface area (Å²) in [6, 6.07) is 13.1. The lowest BCUT2D eigenvalue weighted by molar-refractivity contribution is -0.144. The molecule has 1 aliphatic carbocycles. The largest absolute Gasteiger partial charge is 0.439 e. The van der Waals surface area contributed by atoms with E-state index in [1.54, 1.807) is 30.2 Å². The van der Waals surface area contributed by atoms with E-state index in [-0.39, 0.29) is 17.8 Å². The van der Waals surface area contributed by atoms with Crippen molar-refractivity contribution in [2.24, 2.45) is 10.9 Å². The van der Waals surface area contributed by atoms with E-state index >= 15 is 0 Å². The zero-order chi connectivity index (χ0) is 20.6. The van der Waals surface area contributed by atoms with Crippen LogP contribution < -0.4 is 10.5 Å². The fourth-order valence-electron chi connectivity index (χ4n) is 3.37. The van der Waals surface area contributed by atoms with E-state index in [9.17, 15) is 4.79 Å². The van der Waals surface area contributed by atoms with Crippen LogP contribution in [0.5, 0.6) is 11.6 Å². The Morgan fingerprint density at radius 3 is 2.55 bits per heavy atom. The van der Waals surface area contributed by atoms with Crippen molar-refractivity contribution in [3.63, 3.8) is 0 Å². The smallest absolute Gasteiger partial charge is 0.266 e. The summed E-state index contributed by atoms with van der Waals surface area (Å²) in [4.78, 5) is 24.0. The van der Waals surface area contributed by atoms with E-state index in [0.29, 0.717) is 17.2 Å². The standard InChI is InChI=1S/C22H28N4O3/c1-16(22(27)26(2)18-9-5-3-6-10-18)29-25-21(23)17-13-14-20(24-15-17)28-19-11-7-4-8-12-19/h4,7-8,11-16,18H,3,5-6,9-10H2,1-2H3,(H2,23,25). The van der Waals surface area contributed by atoms with Gasteiger partial charge in [0.2, 0.25) is 12.0 Å². The number of carbonyl (C=O) groups is 1. The number of pyridine rings is 1. The number of rotatable bonds is 7. The predicted molar refractivity (Wildman–Crippen MR) is 112 cm³/mol. The van der Waals surface area contributed by atoms with Crippen molar-refractivity contribution in [2.45, 2.75) is 51.2 Å². The third kappa shape index (κ3) is 5.70. The lowest BCUT2D eigenvalue weighted by Crippen LogP contribution is -2.43. The maximum Gasteiger partial charge on any atom is 0.266 e. The number of amides is 1. The Labute approximate surface area is 171 Å². The van der Waals surface area contributed by atoms with Crippen LogP contribution in [0.25, 0.3) is 0 Å². The van der Waals surface area contributed by atoms with Gasteiger partial charge in [-0.2, -0.15) is 0 Å². The van der Waals surface area contributed by atoms with Crippen LogP contribution in [0.2, 0.25) is 0 Å². The van der Waals surface area contributed by atoms with Gasteiger partial charge < -0.3 is 20.2 Å². The monoisotopic (exact) mass is 396 g/mol. The minimum absolute atomic E-state index is 0.0850. The number of likely N-dealkylation sites (N-methyl/N-ethyl adjacent to an activating group) is 1. The van der Waals surface area contributed by atoms with Crippen LogP contribution >= 0.6 is 0 Å². The molecule has 1 aromatic heterocycles. The number of amidine groups is 1. The fraction of sp³-hybridized carbons (Fsp3) is 0.409. The molecule has 3 rings (SSSR count). The number of hydrogen-bond acceptors (Lipinski definition) is 5. The van der Waals surface area contributed by atoms with Gasteiger partial charge in [-0.05, 0) is 38.0 Å². The van der Waals surface area contributed by atoms with Crippen LogP contribution in [0.4, 0.5) is 0 Å². The van der Waals surface area contributed by atoms with Crippen molar-refractivity contribution in [3.05, 3.63) is 54.2 Å². The number of para-hydroxylation sites is 1. The zero-order valence-electron chi connectivity index (χ0n) is 17.0. The molecule has 7 nitrogen and oxygen atoms in total. The van der Waals surface area contributed by atoms with Crippen molar-refractivity contribution in [2.75, 3.05) is 7.05 Å². The van der Waals surface area contributed by atoms with E-state index in [2.05, 4.69) is 10.1 Å². The first-order valence-electron chi connectivity index (χ1n) is 10.00. The molecule has 7 heteroatoms. The summed E-state index contributed by atoms with van der Waals surface area (Å²) in [5, 5.41) is 3.92. The van der Waals surface area contributed by atoms with E-state index < -0.39 is 6.10 Å². The first-order valence-corrected chi connectivity index (χ1v) is 10.00. The minimum atomic E-state index is -0.700. The Balaban J connectivity index is 1.55. The topological polar surface area (TPSA) is 90.0 Å². The minimum Gasteiger partial charge on any atom is -0.439 e. The molecular weight excluding hydrogens is 368 g/mol. The molecule has 0 saturated heterocycles. The average molecular weight is 396 g/mol. The van der Waals surface area contributed by atoms with Gasteiger partial charge in [0, 0.05) is 30.9 Å². The molecule has 1 aliphatic rings. The highest BCUT2D eigenvalue weighted by molar-refractivity contribution is 5.96. The molecular formula is C22H28N4O3. The first-order chi connectivity index (χ1) is 14.0. The molecule has 1 unspecified atom stereocenters. The third-order valence-corrected chi connectivity index (χ3v) is 5.12. The SMILES string of the molecule is CC(O/N=C(/N)c1ccc(Oc2ccccc2)nc1)C(=O)N(C)C1CCCCC1. The Kier molecular flexibility index (Phi) is 7.05. The lowest BCUT2D eigenvalue weighted by atomic mass is 9.94. The summed E-state index contributed by atoms with van der Waals surface area (Å²) >= 11 is 0. The molecule has 2 N–H and O–H groups in total. The number of carbonyl (C=O) groups excluding carboxylic acids is 1. The third-order valence-electron chi connectivity index (χ3n) is 5.12. The maximum atomic E-state index is 12.6. The van der Waals surface area contributed by atoms with Crippen LogP contribution in [0, 0.1) is 0 Å². The number of oxime groups is 1. The summed E-state index contributed by atoms with van der Waals surface area (Å²) in [5.74, 6) is 1.22. The van der Waals surface area contributed by atoms with E-state index in [4.69, 9.17) is 15.3 Å². The molecule has 1 atom stereocenters. The molecule has 0 spiro atoms. The van der Waals surface area contributed by atoms with Gasteiger partial charge in [-0.1, -0.05) is 42.6 Å². The Morgan fingerprint density at radius 1 is 1.17 bits per heavy atom. The normalized spacial score (nSPS) is 16.1. The number of nitrogens with two attached hydrogens (primary N) is 1. The number of nitrogens with zero attached hydrogens (tertiary/aromatic N) is 3. The highest BCUT2D eigenvalue weighted by atomic mass is 16.6. The van der Waals surface area contributed by atoms with Gasteiger partial charge in [0.1, 0.15) is 5.75 Å². The van der Waals surface area contributed by atoms with Gasteiger partial charge in [-0.15, -0.1) is 0 Å². The van der Waals surface area contributed by atoms with Crippen LogP contribution in [-0.2, 0) is 9.63 Å². The van der Waals surface area contributed by atoms with E-state index in [1.165, 1.54) is 19.3 Å². The number of aromatic nitrogens is 1. The molecule has 1 heterocycles. The van der Waals surface area contributed by atoms with Crippen molar-refractivity contribution < 1.29 is 14.4 Å². The summed E-state index contributed by atoms with van der Waals surface area (Å²) < 4.78 is 5.65.